The Morgan fingerprint density at radius 1 is 0.971 bits per heavy atom. The van der Waals surface area contributed by atoms with Crippen LogP contribution in [-0.4, -0.2) is 25.1 Å². The highest BCUT2D eigenvalue weighted by molar-refractivity contribution is 6.36. The van der Waals surface area contributed by atoms with Gasteiger partial charge >= 0.3 is 0 Å². The van der Waals surface area contributed by atoms with Gasteiger partial charge in [0, 0.05) is 40.5 Å². The van der Waals surface area contributed by atoms with E-state index in [-0.39, 0.29) is 17.0 Å². The smallest absolute Gasteiger partial charge is 0.265 e. The molecule has 0 atom stereocenters. The van der Waals surface area contributed by atoms with E-state index in [4.69, 9.17) is 39.8 Å². The molecule has 0 aliphatic heterocycles. The van der Waals surface area contributed by atoms with Crippen molar-refractivity contribution >= 4 is 62.6 Å². The summed E-state index contributed by atoms with van der Waals surface area (Å²) in [5, 5.41) is 12.5. The van der Waals surface area contributed by atoms with Crippen LogP contribution in [0.15, 0.2) is 59.5 Å². The maximum Gasteiger partial charge on any atom is 0.265 e. The summed E-state index contributed by atoms with van der Waals surface area (Å²) in [5.74, 6) is -0.622. The van der Waals surface area contributed by atoms with Crippen LogP contribution in [0.3, 0.4) is 0 Å². The summed E-state index contributed by atoms with van der Waals surface area (Å²) in [7, 11) is 1.57. The Hall–Kier alpha value is -3.32. The Bertz CT molecular complexity index is 1700. The van der Waals surface area contributed by atoms with Gasteiger partial charge in [0.25, 0.3) is 5.56 Å². The number of halogens is 3. The molecule has 3 heterocycles. The van der Waals surface area contributed by atoms with Crippen molar-refractivity contribution in [1.82, 2.24) is 14.1 Å². The van der Waals surface area contributed by atoms with Gasteiger partial charge in [-0.2, -0.15) is 0 Å². The van der Waals surface area contributed by atoms with E-state index in [0.717, 1.165) is 5.56 Å². The van der Waals surface area contributed by atoms with Crippen molar-refractivity contribution in [2.45, 2.75) is 6.92 Å². The standard InChI is InChI=1S/C25H16Cl3N3O3/c1-12(32)31-11-20(33)21-23(31)18-10-17(13-3-5-14(26)6-4-13)22(29-24(18)30(2)25(21)34)16-8-7-15(27)9-19(16)28/h3-11,33H,1-2H3. The number of carbonyl (C=O) groups excluding carboxylic acids is 1. The van der Waals surface area contributed by atoms with Crippen LogP contribution in [0, 0.1) is 0 Å². The Morgan fingerprint density at radius 2 is 1.65 bits per heavy atom. The lowest BCUT2D eigenvalue weighted by atomic mass is 9.97. The molecule has 170 valence electrons. The van der Waals surface area contributed by atoms with Crippen molar-refractivity contribution in [1.29, 1.82) is 0 Å². The van der Waals surface area contributed by atoms with Crippen LogP contribution in [0.4, 0.5) is 0 Å². The molecule has 5 aromatic rings. The maximum absolute atomic E-state index is 13.1. The van der Waals surface area contributed by atoms with Gasteiger partial charge in [0.15, 0.2) is 0 Å². The van der Waals surface area contributed by atoms with Gasteiger partial charge in [-0.25, -0.2) is 4.98 Å². The van der Waals surface area contributed by atoms with E-state index < -0.39 is 5.56 Å². The molecule has 5 rings (SSSR count). The molecular weight excluding hydrogens is 497 g/mol. The highest BCUT2D eigenvalue weighted by Gasteiger charge is 2.23. The lowest BCUT2D eigenvalue weighted by Gasteiger charge is -2.16. The van der Waals surface area contributed by atoms with Gasteiger partial charge in [0.05, 0.1) is 22.4 Å². The molecule has 2 aromatic carbocycles. The molecule has 0 saturated carbocycles. The zero-order valence-electron chi connectivity index (χ0n) is 17.9. The average Bonchev–Trinajstić information content (AvgIpc) is 3.15. The number of nitrogens with zero attached hydrogens (tertiary/aromatic N) is 3. The molecule has 1 N–H and O–H groups in total. The fraction of sp³-hybridized carbons (Fsp3) is 0.0800. The lowest BCUT2D eigenvalue weighted by Crippen LogP contribution is -2.19. The Kier molecular flexibility index (Phi) is 5.40. The molecule has 0 bridgehead atoms. The number of aromatic hydroxyl groups is 1. The molecule has 0 unspecified atom stereocenters. The van der Waals surface area contributed by atoms with Crippen LogP contribution in [0.5, 0.6) is 5.75 Å². The van der Waals surface area contributed by atoms with Gasteiger partial charge in [-0.3, -0.25) is 18.7 Å². The van der Waals surface area contributed by atoms with E-state index in [2.05, 4.69) is 0 Å². The summed E-state index contributed by atoms with van der Waals surface area (Å²) < 4.78 is 2.61. The minimum atomic E-state index is -0.472. The van der Waals surface area contributed by atoms with E-state index in [1.54, 1.807) is 37.4 Å². The first kappa shape index (κ1) is 22.5. The quantitative estimate of drug-likeness (QED) is 0.291. The second-order valence-electron chi connectivity index (χ2n) is 7.88. The number of carbonyl (C=O) groups is 1. The molecule has 6 nitrogen and oxygen atoms in total. The summed E-state index contributed by atoms with van der Waals surface area (Å²) in [5.41, 5.74) is 2.79. The average molecular weight is 513 g/mol. The van der Waals surface area contributed by atoms with Crippen LogP contribution < -0.4 is 5.56 Å². The predicted octanol–water partition coefficient (Wildman–Crippen LogP) is 6.55. The highest BCUT2D eigenvalue weighted by atomic mass is 35.5. The molecule has 0 spiro atoms. The van der Waals surface area contributed by atoms with Gasteiger partial charge in [0.1, 0.15) is 16.8 Å². The van der Waals surface area contributed by atoms with Crippen molar-refractivity contribution in [2.75, 3.05) is 0 Å². The van der Waals surface area contributed by atoms with Gasteiger partial charge in [-0.15, -0.1) is 0 Å². The van der Waals surface area contributed by atoms with Crippen molar-refractivity contribution in [3.05, 3.63) is 80.1 Å². The molecular formula is C25H16Cl3N3O3. The van der Waals surface area contributed by atoms with Gasteiger partial charge < -0.3 is 5.11 Å². The molecule has 0 aliphatic carbocycles. The third-order valence-corrected chi connectivity index (χ3v) is 6.56. The number of aryl methyl sites for hydroxylation is 1. The van der Waals surface area contributed by atoms with Crippen molar-refractivity contribution < 1.29 is 9.90 Å². The second-order valence-corrected chi connectivity index (χ2v) is 9.16. The van der Waals surface area contributed by atoms with E-state index >= 15 is 0 Å². The largest absolute Gasteiger partial charge is 0.505 e. The summed E-state index contributed by atoms with van der Waals surface area (Å²) in [6.45, 7) is 1.36. The van der Waals surface area contributed by atoms with Crippen LogP contribution in [0.25, 0.3) is 44.3 Å². The normalized spacial score (nSPS) is 11.4. The van der Waals surface area contributed by atoms with Crippen LogP contribution in [0.1, 0.15) is 11.7 Å². The van der Waals surface area contributed by atoms with Crippen LogP contribution >= 0.6 is 34.8 Å². The zero-order valence-corrected chi connectivity index (χ0v) is 20.2. The molecule has 0 fully saturated rings. The molecule has 3 aromatic heterocycles. The van der Waals surface area contributed by atoms with Gasteiger partial charge in [-0.1, -0.05) is 46.9 Å². The second kappa shape index (κ2) is 8.17. The molecule has 0 amide bonds. The number of rotatable bonds is 2. The van der Waals surface area contributed by atoms with Gasteiger partial charge in [-0.05, 0) is 42.0 Å². The third kappa shape index (κ3) is 3.46. The predicted molar refractivity (Wildman–Crippen MR) is 136 cm³/mol. The molecule has 9 heteroatoms. The van der Waals surface area contributed by atoms with E-state index in [1.165, 1.54) is 22.3 Å². The van der Waals surface area contributed by atoms with Crippen LogP contribution in [0.2, 0.25) is 15.1 Å². The number of pyridine rings is 2. The first-order valence-corrected chi connectivity index (χ1v) is 11.3. The SMILES string of the molecule is CC(=O)n1cc(O)c2c(=O)n(C)c3nc(-c4ccc(Cl)cc4Cl)c(-c4ccc(Cl)cc4)cc3c21. The summed E-state index contributed by atoms with van der Waals surface area (Å²) in [6.07, 6.45) is 1.25. The summed E-state index contributed by atoms with van der Waals surface area (Å²) in [4.78, 5) is 30.3. The topological polar surface area (TPSA) is 77.1 Å². The minimum absolute atomic E-state index is 0.0475. The summed E-state index contributed by atoms with van der Waals surface area (Å²) >= 11 is 18.8. The van der Waals surface area contributed by atoms with Crippen LogP contribution in [-0.2, 0) is 7.05 Å². The Balaban J connectivity index is 2.00. The van der Waals surface area contributed by atoms with Gasteiger partial charge in [0.2, 0.25) is 5.91 Å². The zero-order chi connectivity index (χ0) is 24.3. The number of fused-ring (bicyclic) bond motifs is 3. The fourth-order valence-electron chi connectivity index (χ4n) is 4.15. The minimum Gasteiger partial charge on any atom is -0.505 e. The summed E-state index contributed by atoms with van der Waals surface area (Å²) in [6, 6.07) is 14.1. The van der Waals surface area contributed by atoms with E-state index in [0.29, 0.717) is 48.4 Å². The fourth-order valence-corrected chi connectivity index (χ4v) is 4.77. The maximum atomic E-state index is 13.1. The van der Waals surface area contributed by atoms with Crippen molar-refractivity contribution in [3.8, 4) is 28.1 Å². The van der Waals surface area contributed by atoms with Crippen molar-refractivity contribution in [2.24, 2.45) is 7.05 Å². The van der Waals surface area contributed by atoms with E-state index in [1.807, 2.05) is 18.2 Å². The lowest BCUT2D eigenvalue weighted by molar-refractivity contribution is 0.0941. The Labute approximate surface area is 208 Å². The molecule has 0 saturated heterocycles. The number of aromatic nitrogens is 3. The molecule has 0 aliphatic rings. The third-order valence-electron chi connectivity index (χ3n) is 5.76. The first-order valence-electron chi connectivity index (χ1n) is 10.2. The highest BCUT2D eigenvalue weighted by Crippen LogP contribution is 2.40. The molecule has 0 radical (unpaired) electrons. The monoisotopic (exact) mass is 511 g/mol. The Morgan fingerprint density at radius 3 is 2.29 bits per heavy atom. The first-order chi connectivity index (χ1) is 16.2. The van der Waals surface area contributed by atoms with Crippen molar-refractivity contribution in [3.63, 3.8) is 0 Å². The van der Waals surface area contributed by atoms with E-state index in [9.17, 15) is 14.7 Å². The number of benzene rings is 2. The molecule has 34 heavy (non-hydrogen) atoms. The number of hydrogen-bond donors (Lipinski definition) is 1. The number of hydrogen-bond acceptors (Lipinski definition) is 4.